The smallest absolute Gasteiger partial charge is 0.408 e. The van der Waals surface area contributed by atoms with E-state index in [0.29, 0.717) is 24.3 Å². The van der Waals surface area contributed by atoms with Crippen molar-refractivity contribution in [2.24, 2.45) is 11.8 Å². The van der Waals surface area contributed by atoms with Crippen molar-refractivity contribution >= 4 is 46.6 Å². The van der Waals surface area contributed by atoms with Gasteiger partial charge in [0, 0.05) is 36.2 Å². The lowest BCUT2D eigenvalue weighted by atomic mass is 9.86. The topological polar surface area (TPSA) is 138 Å². The zero-order chi connectivity index (χ0) is 36.6. The Labute approximate surface area is 290 Å². The maximum Gasteiger partial charge on any atom is 0.408 e. The van der Waals surface area contributed by atoms with Crippen molar-refractivity contribution in [3.8, 4) is 0 Å². The van der Waals surface area contributed by atoms with E-state index in [1.54, 1.807) is 41.5 Å². The first-order chi connectivity index (χ1) is 22.6. The summed E-state index contributed by atoms with van der Waals surface area (Å²) in [6.45, 7) is 22.7. The molecule has 2 heterocycles. The number of hydrogen-bond acceptors (Lipinski definition) is 7. The van der Waals surface area contributed by atoms with Gasteiger partial charge in [-0.1, -0.05) is 39.8 Å². The highest BCUT2D eigenvalue weighted by Gasteiger charge is 2.31. The van der Waals surface area contributed by atoms with Crippen molar-refractivity contribution < 1.29 is 28.7 Å². The standard InChI is InChI=1S/C38H53N5O6/c1-20(2)31(41-35(46)48-37(7,8)9)33(44)39-28-16-27-25(14-23(28)6)18-43-19-26(27)15-24-13-22(5)29(17-30(24)43)40-34(45)32(21(3)4)42-36(47)49-38(10,11)12/h13-14,16-17,19-21,31-32H,15,18H2,1-12H3,(H,39,44)(H,40,45)(H,41,46)(H,42,47)/t31-,32-/m0/s1. The van der Waals surface area contributed by atoms with Gasteiger partial charge in [-0.25, -0.2) is 9.59 Å². The first-order valence-corrected chi connectivity index (χ1v) is 17.0. The molecule has 0 fully saturated rings. The number of anilines is 3. The highest BCUT2D eigenvalue weighted by atomic mass is 16.6. The largest absolute Gasteiger partial charge is 0.444 e. The highest BCUT2D eigenvalue weighted by molar-refractivity contribution is 5.99. The number of nitrogens with one attached hydrogen (secondary N) is 4. The minimum atomic E-state index is -0.778. The van der Waals surface area contributed by atoms with Gasteiger partial charge in [0.25, 0.3) is 0 Å². The van der Waals surface area contributed by atoms with E-state index in [0.717, 1.165) is 39.1 Å². The normalized spacial score (nSPS) is 15.0. The fourth-order valence-corrected chi connectivity index (χ4v) is 5.98. The predicted molar refractivity (Wildman–Crippen MR) is 193 cm³/mol. The highest BCUT2D eigenvalue weighted by Crippen LogP contribution is 2.43. The first kappa shape index (κ1) is 37.3. The average Bonchev–Trinajstić information content (AvgIpc) is 2.94. The predicted octanol–water partition coefficient (Wildman–Crippen LogP) is 7.20. The number of benzene rings is 2. The number of hydrogen-bond donors (Lipinski definition) is 4. The second-order valence-electron chi connectivity index (χ2n) is 15.8. The van der Waals surface area contributed by atoms with Crippen LogP contribution in [0.2, 0.25) is 0 Å². The minimum absolute atomic E-state index is 0.160. The SMILES string of the molecule is Cc1cc2c(cc1NC(=O)[C@@H](NC(=O)OC(C)(C)C)C(C)C)C1=CN(C2)c2cc(NC(=O)[C@@H](NC(=O)OC(C)(C)C)C(C)C)c(C)cc2C1. The Balaban J connectivity index is 1.53. The fourth-order valence-electron chi connectivity index (χ4n) is 5.98. The molecule has 0 radical (unpaired) electrons. The third kappa shape index (κ3) is 9.33. The first-order valence-electron chi connectivity index (χ1n) is 17.0. The van der Waals surface area contributed by atoms with E-state index in [1.165, 1.54) is 0 Å². The zero-order valence-corrected chi connectivity index (χ0v) is 31.0. The van der Waals surface area contributed by atoms with Crippen LogP contribution in [0.1, 0.15) is 97.1 Å². The number of carbonyl (C=O) groups excluding carboxylic acids is 4. The minimum Gasteiger partial charge on any atom is -0.444 e. The van der Waals surface area contributed by atoms with Gasteiger partial charge in [0.05, 0.1) is 0 Å². The maximum absolute atomic E-state index is 13.4. The second-order valence-corrected chi connectivity index (χ2v) is 15.8. The van der Waals surface area contributed by atoms with Gasteiger partial charge in [0.15, 0.2) is 0 Å². The molecule has 0 unspecified atom stereocenters. The van der Waals surface area contributed by atoms with E-state index >= 15 is 0 Å². The van der Waals surface area contributed by atoms with Crippen LogP contribution in [-0.2, 0) is 32.0 Å². The molecule has 4 N–H and O–H groups in total. The molecular weight excluding hydrogens is 622 g/mol. The van der Waals surface area contributed by atoms with Crippen molar-refractivity contribution in [1.82, 2.24) is 10.6 Å². The number of rotatable bonds is 8. The molecule has 266 valence electrons. The summed E-state index contributed by atoms with van der Waals surface area (Å²) in [5.41, 5.74) is 7.25. The van der Waals surface area contributed by atoms with Gasteiger partial charge in [-0.2, -0.15) is 0 Å². The molecule has 49 heavy (non-hydrogen) atoms. The molecule has 2 atom stereocenters. The average molecular weight is 676 g/mol. The molecule has 11 heteroatoms. The van der Waals surface area contributed by atoms with Crippen molar-refractivity contribution in [3.05, 3.63) is 58.3 Å². The molecule has 4 rings (SSSR count). The summed E-state index contributed by atoms with van der Waals surface area (Å²) in [7, 11) is 0. The lowest BCUT2D eigenvalue weighted by Gasteiger charge is -2.36. The number of aryl methyl sites for hydroxylation is 2. The van der Waals surface area contributed by atoms with Crippen molar-refractivity contribution in [3.63, 3.8) is 0 Å². The molecule has 0 aromatic heterocycles. The van der Waals surface area contributed by atoms with E-state index in [-0.39, 0.29) is 23.7 Å². The number of fused-ring (bicyclic) bond motifs is 5. The number of carbonyl (C=O) groups is 4. The van der Waals surface area contributed by atoms with E-state index in [2.05, 4.69) is 44.5 Å². The van der Waals surface area contributed by atoms with E-state index in [9.17, 15) is 19.2 Å². The van der Waals surface area contributed by atoms with Gasteiger partial charge in [-0.05, 0) is 113 Å². The van der Waals surface area contributed by atoms with Crippen molar-refractivity contribution in [2.75, 3.05) is 15.5 Å². The van der Waals surface area contributed by atoms with E-state index < -0.39 is 35.5 Å². The van der Waals surface area contributed by atoms with Gasteiger partial charge in [0.2, 0.25) is 11.8 Å². The molecule has 0 saturated carbocycles. The van der Waals surface area contributed by atoms with Crippen molar-refractivity contribution in [1.29, 1.82) is 0 Å². The van der Waals surface area contributed by atoms with Crippen LogP contribution in [-0.4, -0.2) is 47.3 Å². The summed E-state index contributed by atoms with van der Waals surface area (Å²) in [4.78, 5) is 54.0. The number of amides is 4. The summed E-state index contributed by atoms with van der Waals surface area (Å²) in [6.07, 6.45) is 1.52. The second kappa shape index (κ2) is 14.1. The molecule has 0 aliphatic carbocycles. The summed E-state index contributed by atoms with van der Waals surface area (Å²) in [6, 6.07) is 6.65. The molecule has 0 saturated heterocycles. The Morgan fingerprint density at radius 2 is 1.14 bits per heavy atom. The maximum atomic E-state index is 13.4. The number of alkyl carbamates (subject to hydrolysis) is 2. The Morgan fingerprint density at radius 1 is 0.694 bits per heavy atom. The molecule has 0 spiro atoms. The van der Waals surface area contributed by atoms with Gasteiger partial charge >= 0.3 is 12.2 Å². The van der Waals surface area contributed by atoms with Gasteiger partial charge in [0.1, 0.15) is 23.3 Å². The van der Waals surface area contributed by atoms with Crippen LogP contribution >= 0.6 is 0 Å². The molecule has 11 nitrogen and oxygen atoms in total. The van der Waals surface area contributed by atoms with Crippen LogP contribution in [0.4, 0.5) is 26.7 Å². The van der Waals surface area contributed by atoms with Crippen LogP contribution < -0.4 is 26.2 Å². The molecule has 2 aromatic carbocycles. The van der Waals surface area contributed by atoms with Gasteiger partial charge in [-0.3, -0.25) is 9.59 Å². The van der Waals surface area contributed by atoms with Crippen LogP contribution in [0.25, 0.3) is 5.57 Å². The lowest BCUT2D eigenvalue weighted by molar-refractivity contribution is -0.119. The third-order valence-electron chi connectivity index (χ3n) is 8.32. The number of allylic oxidation sites excluding steroid dienone is 1. The fraction of sp³-hybridized carbons (Fsp3) is 0.526. The van der Waals surface area contributed by atoms with Crippen LogP contribution in [0, 0.1) is 25.7 Å². The zero-order valence-electron chi connectivity index (χ0n) is 31.0. The van der Waals surface area contributed by atoms with E-state index in [4.69, 9.17) is 9.47 Å². The molecule has 4 amide bonds. The summed E-state index contributed by atoms with van der Waals surface area (Å²) in [5, 5.41) is 11.6. The summed E-state index contributed by atoms with van der Waals surface area (Å²) >= 11 is 0. The molecule has 2 bridgehead atoms. The Kier molecular flexibility index (Phi) is 10.8. The molecule has 2 aliphatic heterocycles. The Morgan fingerprint density at radius 3 is 1.59 bits per heavy atom. The number of nitrogens with zero attached hydrogens (tertiary/aromatic N) is 1. The van der Waals surface area contributed by atoms with Crippen LogP contribution in [0.15, 0.2) is 30.5 Å². The summed E-state index contributed by atoms with van der Waals surface area (Å²) < 4.78 is 10.8. The Hall–Kier alpha value is -4.54. The lowest BCUT2D eigenvalue weighted by Crippen LogP contribution is -2.48. The van der Waals surface area contributed by atoms with Gasteiger partial charge in [-0.15, -0.1) is 0 Å². The summed E-state index contributed by atoms with van der Waals surface area (Å²) in [5.74, 6) is -0.946. The van der Waals surface area contributed by atoms with E-state index in [1.807, 2.05) is 53.7 Å². The quantitative estimate of drug-likeness (QED) is 0.232. The Bertz CT molecular complexity index is 1660. The molecular formula is C38H53N5O6. The van der Waals surface area contributed by atoms with Crippen LogP contribution in [0.3, 0.4) is 0 Å². The van der Waals surface area contributed by atoms with Crippen LogP contribution in [0.5, 0.6) is 0 Å². The van der Waals surface area contributed by atoms with Gasteiger partial charge < -0.3 is 35.6 Å². The third-order valence-corrected chi connectivity index (χ3v) is 8.32. The molecule has 2 aliphatic rings. The monoisotopic (exact) mass is 675 g/mol. The molecule has 2 aromatic rings. The number of ether oxygens (including phenoxy) is 2. The van der Waals surface area contributed by atoms with Crippen molar-refractivity contribution in [2.45, 2.75) is 119 Å².